The van der Waals surface area contributed by atoms with E-state index in [2.05, 4.69) is 73.1 Å². The van der Waals surface area contributed by atoms with Crippen molar-refractivity contribution < 1.29 is 24.2 Å². The summed E-state index contributed by atoms with van der Waals surface area (Å²) >= 11 is 0. The summed E-state index contributed by atoms with van der Waals surface area (Å²) in [6.07, 6.45) is 18.8. The predicted molar refractivity (Wildman–Crippen MR) is 214 cm³/mol. The van der Waals surface area contributed by atoms with Gasteiger partial charge in [-0.3, -0.25) is 9.69 Å². The highest BCUT2D eigenvalue weighted by molar-refractivity contribution is 6.00. The number of nitrogens with two attached hydrogens (primary N) is 1. The fourth-order valence-corrected chi connectivity index (χ4v) is 17.1. The summed E-state index contributed by atoms with van der Waals surface area (Å²) in [6.45, 7) is 9.73. The van der Waals surface area contributed by atoms with Crippen molar-refractivity contribution in [3.63, 3.8) is 0 Å². The largest absolute Gasteiger partial charge is 0.508 e. The minimum atomic E-state index is -1.13. The van der Waals surface area contributed by atoms with Crippen LogP contribution in [0.4, 0.5) is 0 Å². The number of benzene rings is 1. The van der Waals surface area contributed by atoms with Crippen molar-refractivity contribution in [1.82, 2.24) is 9.80 Å². The quantitative estimate of drug-likeness (QED) is 0.241. The highest BCUT2D eigenvalue weighted by Crippen LogP contribution is 2.88. The molecule has 0 aromatic heterocycles. The number of carbonyl (C=O) groups is 2. The van der Waals surface area contributed by atoms with Crippen LogP contribution in [-0.4, -0.2) is 64.6 Å². The van der Waals surface area contributed by atoms with Crippen molar-refractivity contribution >= 4 is 11.9 Å². The molecule has 1 unspecified atom stereocenters. The van der Waals surface area contributed by atoms with Gasteiger partial charge in [-0.2, -0.15) is 0 Å². The molecule has 8 heterocycles. The summed E-state index contributed by atoms with van der Waals surface area (Å²) in [4.78, 5) is 36.2. The lowest BCUT2D eigenvalue weighted by molar-refractivity contribution is -0.281. The predicted octanol–water partition coefficient (Wildman–Crippen LogP) is 7.48. The zero-order valence-corrected chi connectivity index (χ0v) is 33.7. The molecule has 0 radical (unpaired) electrons. The molecule has 3 N–H and O–H groups in total. The summed E-state index contributed by atoms with van der Waals surface area (Å²) in [6, 6.07) is 7.19. The summed E-state index contributed by atoms with van der Waals surface area (Å²) < 4.78 is 14.0. The highest BCUT2D eigenvalue weighted by atomic mass is 16.6. The number of aliphatic hydroxyl groups is 1. The Hall–Kier alpha value is -3.62. The van der Waals surface area contributed by atoms with Crippen LogP contribution < -0.4 is 5.73 Å². The molecule has 8 nitrogen and oxygen atoms in total. The first-order chi connectivity index (χ1) is 27.6. The van der Waals surface area contributed by atoms with E-state index in [1.807, 2.05) is 0 Å². The summed E-state index contributed by atoms with van der Waals surface area (Å²) in [7, 11) is 0. The zero-order valence-electron chi connectivity index (χ0n) is 33.7. The average molecular weight is 768 g/mol. The number of esters is 2. The number of piperidine rings is 3. The molecule has 14 rings (SSSR count). The molecule has 8 heteroatoms. The monoisotopic (exact) mass is 767 g/mol. The number of nitrogens with zero attached hydrogens (tertiary/aromatic N) is 2. The minimum absolute atomic E-state index is 0.0862. The van der Waals surface area contributed by atoms with E-state index in [1.165, 1.54) is 23.1 Å². The molecule has 3 spiro atoms. The molecule has 5 aliphatic carbocycles. The number of carbonyl (C=O) groups excluding carboxylic acids is 2. The standard InChI is InChI=1S/C49H57N3O5/c1-24-9-10-28-21-34-25(2)19-29-11-13-37-30-20-31-23-52(37)42(29)40(34)33-15-16-47-44(43(53)32-12-14-36(31)51(22-30)26(32)3)56-46(55)48(47,41(28)33)38(18-24)49(47)35-8-4-6-27(7-5-17-50)39(35)45(54)57-49/h4,6,8-11,13,24-26,28,30-32,34,36-38,40,53H,5,7,12,14-23,50H2,1-3H3/b10-9-,44-43+/t24-,25-,26+,28-,30+,31+,32-,34-,36-,37+,38+,40+,47-,48-,49-/m1/s1. The van der Waals surface area contributed by atoms with E-state index in [-0.39, 0.29) is 53.3 Å². The first-order valence-electron chi connectivity index (χ1n) is 22.7. The minimum Gasteiger partial charge on any atom is -0.508 e. The van der Waals surface area contributed by atoms with Gasteiger partial charge in [-0.15, -0.1) is 0 Å². The molecule has 16 atom stereocenters. The fourth-order valence-electron chi connectivity index (χ4n) is 17.1. The molecule has 5 fully saturated rings. The van der Waals surface area contributed by atoms with Gasteiger partial charge in [-0.25, -0.2) is 4.79 Å². The molecule has 298 valence electrons. The second kappa shape index (κ2) is 11.1. The van der Waals surface area contributed by atoms with Crippen LogP contribution in [-0.2, 0) is 26.3 Å². The fraction of sp³-hybridized carbons (Fsp3) is 0.633. The lowest BCUT2D eigenvalue weighted by Gasteiger charge is -2.73. The number of hydrogen-bond acceptors (Lipinski definition) is 8. The van der Waals surface area contributed by atoms with E-state index in [0.29, 0.717) is 72.9 Å². The average Bonchev–Trinajstić information content (AvgIpc) is 3.66. The number of aryl methyl sites for hydroxylation is 1. The SMILES string of the molecule is C[C@@H]1/C=C\[C@@H]2C[C@H]3[C@@H]4C5=C2[C@]26C(=O)O/C(=C(/O)[C@@H]7CC[C@@H]8[C@H]9C[C@@H](CN8[C@H]7C)[C@@H]7C=CC(=C4N7C9)C[C@H]3C)[C@@]2(CC5)[C@]2(OC(=O)c3c(CCCN)cccc32)[C@H]6C1. The zero-order chi connectivity index (χ0) is 38.5. The van der Waals surface area contributed by atoms with E-state index >= 15 is 4.79 Å². The van der Waals surface area contributed by atoms with Crippen LogP contribution in [0.3, 0.4) is 0 Å². The van der Waals surface area contributed by atoms with Gasteiger partial charge >= 0.3 is 11.9 Å². The van der Waals surface area contributed by atoms with E-state index in [1.54, 1.807) is 5.70 Å². The van der Waals surface area contributed by atoms with Crippen LogP contribution in [0.1, 0.15) is 100 Å². The molecule has 57 heavy (non-hydrogen) atoms. The maximum absolute atomic E-state index is 15.8. The molecular formula is C49H57N3O5. The van der Waals surface area contributed by atoms with Crippen LogP contribution in [0.5, 0.6) is 0 Å². The van der Waals surface area contributed by atoms with Gasteiger partial charge in [0.05, 0.1) is 17.0 Å². The topological polar surface area (TPSA) is 105 Å². The van der Waals surface area contributed by atoms with Crippen molar-refractivity contribution in [3.8, 4) is 0 Å². The van der Waals surface area contributed by atoms with E-state index in [4.69, 9.17) is 15.2 Å². The third-order valence-electron chi connectivity index (χ3n) is 18.9. The Bertz CT molecular complexity index is 2230. The molecule has 1 aromatic carbocycles. The van der Waals surface area contributed by atoms with Crippen molar-refractivity contribution in [2.45, 2.75) is 109 Å². The number of allylic oxidation sites excluding steroid dienone is 5. The summed E-state index contributed by atoms with van der Waals surface area (Å²) in [5.74, 6) is 2.32. The molecule has 1 aromatic rings. The summed E-state index contributed by atoms with van der Waals surface area (Å²) in [5.41, 5.74) is 11.2. The van der Waals surface area contributed by atoms with Gasteiger partial charge in [0, 0.05) is 54.2 Å². The Balaban J connectivity index is 1.14. The van der Waals surface area contributed by atoms with Crippen LogP contribution in [0, 0.1) is 64.1 Å². The van der Waals surface area contributed by atoms with Gasteiger partial charge in [0.25, 0.3) is 0 Å². The molecule has 8 aliphatic heterocycles. The number of ether oxygens (including phenoxy) is 2. The number of fused-ring (bicyclic) bond motifs is 4. The third-order valence-corrected chi connectivity index (χ3v) is 18.9. The second-order valence-corrected chi connectivity index (χ2v) is 20.8. The lowest BCUT2D eigenvalue weighted by atomic mass is 9.27. The Labute approximate surface area is 336 Å². The van der Waals surface area contributed by atoms with Gasteiger partial charge in [-0.05, 0) is 130 Å². The Kier molecular flexibility index (Phi) is 6.70. The van der Waals surface area contributed by atoms with Gasteiger partial charge in [-0.1, -0.05) is 61.9 Å². The maximum atomic E-state index is 15.8. The lowest BCUT2D eigenvalue weighted by Crippen LogP contribution is -2.78. The molecule has 1 saturated carbocycles. The molecular weight excluding hydrogens is 711 g/mol. The molecule has 13 aliphatic rings. The first kappa shape index (κ1) is 34.3. The number of aliphatic hydroxyl groups excluding tert-OH is 1. The van der Waals surface area contributed by atoms with Crippen molar-refractivity contribution in [1.29, 1.82) is 0 Å². The highest BCUT2D eigenvalue weighted by Gasteiger charge is 2.94. The normalized spacial score (nSPS) is 50.5. The summed E-state index contributed by atoms with van der Waals surface area (Å²) in [5, 5.41) is 13.2. The van der Waals surface area contributed by atoms with E-state index < -0.39 is 16.4 Å². The van der Waals surface area contributed by atoms with Gasteiger partial charge in [0.2, 0.25) is 0 Å². The third kappa shape index (κ3) is 3.67. The first-order valence-corrected chi connectivity index (χ1v) is 22.7. The van der Waals surface area contributed by atoms with Gasteiger partial charge in [0.1, 0.15) is 11.2 Å². The second-order valence-electron chi connectivity index (χ2n) is 20.8. The van der Waals surface area contributed by atoms with Crippen LogP contribution in [0.15, 0.2) is 76.4 Å². The van der Waals surface area contributed by atoms with Crippen LogP contribution >= 0.6 is 0 Å². The molecule has 0 amide bonds. The number of rotatable bonds is 3. The maximum Gasteiger partial charge on any atom is 0.339 e. The molecule has 10 bridgehead atoms. The van der Waals surface area contributed by atoms with Crippen LogP contribution in [0.25, 0.3) is 0 Å². The molecule has 4 saturated heterocycles. The van der Waals surface area contributed by atoms with Crippen molar-refractivity contribution in [2.75, 3.05) is 19.6 Å². The Morgan fingerprint density at radius 1 is 1.02 bits per heavy atom. The van der Waals surface area contributed by atoms with Gasteiger partial charge in [0.15, 0.2) is 11.4 Å². The smallest absolute Gasteiger partial charge is 0.339 e. The van der Waals surface area contributed by atoms with Crippen molar-refractivity contribution in [2.24, 2.45) is 69.8 Å². The van der Waals surface area contributed by atoms with Crippen LogP contribution in [0.2, 0.25) is 0 Å². The van der Waals surface area contributed by atoms with E-state index in [0.717, 1.165) is 62.7 Å². The Morgan fingerprint density at radius 3 is 2.75 bits per heavy atom. The number of hydrogen-bond donors (Lipinski definition) is 2. The van der Waals surface area contributed by atoms with E-state index in [9.17, 15) is 9.90 Å². The Morgan fingerprint density at radius 2 is 1.89 bits per heavy atom. The van der Waals surface area contributed by atoms with Crippen molar-refractivity contribution in [3.05, 3.63) is 93.1 Å². The van der Waals surface area contributed by atoms with Gasteiger partial charge < -0.3 is 25.2 Å².